The third-order valence-corrected chi connectivity index (χ3v) is 4.58. The van der Waals surface area contributed by atoms with Crippen LogP contribution in [0.3, 0.4) is 0 Å². The Kier molecular flexibility index (Phi) is 5.45. The molecule has 0 radical (unpaired) electrons. The molecule has 0 saturated carbocycles. The maximum absolute atomic E-state index is 13.3. The molecule has 1 aliphatic heterocycles. The summed E-state index contributed by atoms with van der Waals surface area (Å²) in [5, 5.41) is 0. The number of carbonyl (C=O) groups is 1. The maximum Gasteiger partial charge on any atom is 0.283 e. The molecule has 1 aliphatic rings. The van der Waals surface area contributed by atoms with Crippen molar-refractivity contribution in [2.75, 3.05) is 4.90 Å². The van der Waals surface area contributed by atoms with E-state index in [0.29, 0.717) is 11.7 Å². The molecule has 4 nitrogen and oxygen atoms in total. The molecular formula is C23H27N3O. The Hall–Kier alpha value is -2.88. The highest BCUT2D eigenvalue weighted by Crippen LogP contribution is 2.28. The Morgan fingerprint density at radius 3 is 2.07 bits per heavy atom. The highest BCUT2D eigenvalue weighted by atomic mass is 16.2. The molecule has 3 rings (SSSR count). The summed E-state index contributed by atoms with van der Waals surface area (Å²) in [5.41, 5.74) is 3.43. The quantitative estimate of drug-likeness (QED) is 0.729. The van der Waals surface area contributed by atoms with Gasteiger partial charge in [0.05, 0.1) is 5.69 Å². The van der Waals surface area contributed by atoms with Gasteiger partial charge in [0.1, 0.15) is 5.70 Å². The Labute approximate surface area is 161 Å². The van der Waals surface area contributed by atoms with Gasteiger partial charge in [0.2, 0.25) is 5.96 Å². The summed E-state index contributed by atoms with van der Waals surface area (Å²) in [4.78, 5) is 22.0. The van der Waals surface area contributed by atoms with Crippen molar-refractivity contribution in [1.29, 1.82) is 0 Å². The Morgan fingerprint density at radius 2 is 1.52 bits per heavy atom. The molecule has 0 aliphatic carbocycles. The van der Waals surface area contributed by atoms with Crippen LogP contribution < -0.4 is 4.90 Å². The number of rotatable bonds is 4. The number of amides is 1. The highest BCUT2D eigenvalue weighted by Gasteiger charge is 2.36. The number of nitrogens with zero attached hydrogens (tertiary/aromatic N) is 3. The lowest BCUT2D eigenvalue weighted by Crippen LogP contribution is -2.50. The largest absolute Gasteiger partial charge is 0.337 e. The van der Waals surface area contributed by atoms with Crippen molar-refractivity contribution in [3.63, 3.8) is 0 Å². The number of aliphatic imine (C=N–C) groups is 1. The first-order chi connectivity index (χ1) is 12.9. The lowest BCUT2D eigenvalue weighted by molar-refractivity contribution is -0.113. The number of carbonyl (C=O) groups excluding carboxylic acids is 1. The minimum absolute atomic E-state index is 0.0935. The molecular weight excluding hydrogens is 334 g/mol. The zero-order valence-corrected chi connectivity index (χ0v) is 16.7. The topological polar surface area (TPSA) is 35.9 Å². The molecule has 0 unspecified atom stereocenters. The van der Waals surface area contributed by atoms with Gasteiger partial charge in [0, 0.05) is 12.1 Å². The average molecular weight is 361 g/mol. The van der Waals surface area contributed by atoms with Crippen LogP contribution in [-0.4, -0.2) is 28.9 Å². The average Bonchev–Trinajstić information content (AvgIpc) is 2.92. The van der Waals surface area contributed by atoms with Crippen LogP contribution in [0.15, 0.2) is 65.3 Å². The first kappa shape index (κ1) is 18.9. The van der Waals surface area contributed by atoms with Crippen molar-refractivity contribution in [3.8, 4) is 0 Å². The molecule has 27 heavy (non-hydrogen) atoms. The molecule has 1 heterocycles. The van der Waals surface area contributed by atoms with Crippen LogP contribution in [0.25, 0.3) is 6.08 Å². The fraction of sp³-hybridized carbons (Fsp3) is 0.304. The molecule has 2 aromatic carbocycles. The molecule has 4 heteroatoms. The third-order valence-electron chi connectivity index (χ3n) is 4.58. The van der Waals surface area contributed by atoms with E-state index in [2.05, 4.69) is 32.6 Å². The van der Waals surface area contributed by atoms with Gasteiger partial charge in [-0.25, -0.2) is 9.89 Å². The number of hydrogen-bond acceptors (Lipinski definition) is 3. The van der Waals surface area contributed by atoms with Gasteiger partial charge in [-0.15, -0.1) is 0 Å². The maximum atomic E-state index is 13.3. The van der Waals surface area contributed by atoms with Gasteiger partial charge in [-0.1, -0.05) is 48.0 Å². The summed E-state index contributed by atoms with van der Waals surface area (Å²) in [5.74, 6) is 0.597. The number of hydrogen-bond donors (Lipinski definition) is 0. The van der Waals surface area contributed by atoms with E-state index >= 15 is 0 Å². The number of guanidine groups is 1. The summed E-state index contributed by atoms with van der Waals surface area (Å²) >= 11 is 0. The second-order valence-corrected chi connectivity index (χ2v) is 7.42. The molecule has 2 aromatic rings. The zero-order chi connectivity index (χ0) is 19.6. The van der Waals surface area contributed by atoms with Gasteiger partial charge in [-0.05, 0) is 58.4 Å². The van der Waals surface area contributed by atoms with E-state index in [4.69, 9.17) is 4.99 Å². The van der Waals surface area contributed by atoms with Gasteiger partial charge < -0.3 is 4.90 Å². The fourth-order valence-electron chi connectivity index (χ4n) is 3.37. The molecule has 0 atom stereocenters. The number of anilines is 1. The van der Waals surface area contributed by atoms with E-state index in [-0.39, 0.29) is 18.0 Å². The Morgan fingerprint density at radius 1 is 0.926 bits per heavy atom. The van der Waals surface area contributed by atoms with Crippen molar-refractivity contribution >= 4 is 23.6 Å². The van der Waals surface area contributed by atoms with Crippen LogP contribution in [0.4, 0.5) is 5.69 Å². The van der Waals surface area contributed by atoms with E-state index in [0.717, 1.165) is 16.8 Å². The first-order valence-corrected chi connectivity index (χ1v) is 9.43. The molecule has 0 aromatic heterocycles. The van der Waals surface area contributed by atoms with Crippen LogP contribution in [-0.2, 0) is 4.79 Å². The van der Waals surface area contributed by atoms with E-state index in [1.54, 1.807) is 4.90 Å². The van der Waals surface area contributed by atoms with Crippen LogP contribution >= 0.6 is 0 Å². The van der Waals surface area contributed by atoms with Gasteiger partial charge in [0.25, 0.3) is 5.91 Å². The minimum atomic E-state index is -0.0935. The SMILES string of the molecule is Cc1ccc(N2C(=O)/C(=C\c3ccccc3)N=C2N(C(C)C)C(C)C)cc1. The van der Waals surface area contributed by atoms with E-state index in [9.17, 15) is 4.79 Å². The Bertz CT molecular complexity index is 856. The summed E-state index contributed by atoms with van der Waals surface area (Å²) in [7, 11) is 0. The predicted octanol–water partition coefficient (Wildman–Crippen LogP) is 4.86. The molecule has 1 amide bonds. The van der Waals surface area contributed by atoms with Gasteiger partial charge in [0.15, 0.2) is 0 Å². The van der Waals surface area contributed by atoms with E-state index in [1.807, 2.05) is 67.6 Å². The minimum Gasteiger partial charge on any atom is -0.337 e. The van der Waals surface area contributed by atoms with E-state index < -0.39 is 0 Å². The third kappa shape index (κ3) is 3.95. The van der Waals surface area contributed by atoms with Crippen LogP contribution in [0, 0.1) is 6.92 Å². The van der Waals surface area contributed by atoms with Crippen molar-refractivity contribution in [3.05, 3.63) is 71.4 Å². The van der Waals surface area contributed by atoms with Crippen molar-refractivity contribution in [2.45, 2.75) is 46.7 Å². The molecule has 0 fully saturated rings. The standard InChI is InChI=1S/C23H27N3O/c1-16(2)25(17(3)4)23-24-21(15-19-9-7-6-8-10-19)22(27)26(23)20-13-11-18(5)12-14-20/h6-17H,1-5H3/b21-15+. The lowest BCUT2D eigenvalue weighted by Gasteiger charge is -2.35. The van der Waals surface area contributed by atoms with Crippen molar-refractivity contribution in [1.82, 2.24) is 4.90 Å². The summed E-state index contributed by atoms with van der Waals surface area (Å²) in [6, 6.07) is 18.3. The number of benzene rings is 2. The predicted molar refractivity (Wildman–Crippen MR) is 113 cm³/mol. The molecule has 0 bridgehead atoms. The second kappa shape index (κ2) is 7.78. The summed E-state index contributed by atoms with van der Waals surface area (Å²) in [6.07, 6.45) is 1.86. The molecule has 140 valence electrons. The molecule has 0 saturated heterocycles. The normalized spacial score (nSPS) is 15.8. The van der Waals surface area contributed by atoms with Gasteiger partial charge in [-0.3, -0.25) is 4.79 Å². The molecule has 0 spiro atoms. The van der Waals surface area contributed by atoms with Crippen molar-refractivity contribution < 1.29 is 4.79 Å². The summed E-state index contributed by atoms with van der Waals surface area (Å²) in [6.45, 7) is 10.5. The first-order valence-electron chi connectivity index (χ1n) is 9.43. The van der Waals surface area contributed by atoms with Gasteiger partial charge >= 0.3 is 0 Å². The van der Waals surface area contributed by atoms with Crippen LogP contribution in [0.2, 0.25) is 0 Å². The molecule has 0 N–H and O–H groups in total. The highest BCUT2D eigenvalue weighted by molar-refractivity contribution is 6.28. The van der Waals surface area contributed by atoms with Gasteiger partial charge in [-0.2, -0.15) is 0 Å². The van der Waals surface area contributed by atoms with E-state index in [1.165, 1.54) is 0 Å². The second-order valence-electron chi connectivity index (χ2n) is 7.42. The van der Waals surface area contributed by atoms with Crippen LogP contribution in [0.5, 0.6) is 0 Å². The van der Waals surface area contributed by atoms with Crippen molar-refractivity contribution in [2.24, 2.45) is 4.99 Å². The lowest BCUT2D eigenvalue weighted by atomic mass is 10.2. The fourth-order valence-corrected chi connectivity index (χ4v) is 3.37. The monoisotopic (exact) mass is 361 g/mol. The van der Waals surface area contributed by atoms with Crippen LogP contribution in [0.1, 0.15) is 38.8 Å². The smallest absolute Gasteiger partial charge is 0.283 e. The zero-order valence-electron chi connectivity index (χ0n) is 16.7. The summed E-state index contributed by atoms with van der Waals surface area (Å²) < 4.78 is 0. The Balaban J connectivity index is 2.10. The number of aryl methyl sites for hydroxylation is 1.